The van der Waals surface area contributed by atoms with E-state index in [9.17, 15) is 14.7 Å². The third kappa shape index (κ3) is 5.22. The second-order valence-electron chi connectivity index (χ2n) is 7.59. The summed E-state index contributed by atoms with van der Waals surface area (Å²) in [5.41, 5.74) is 0.00868. The summed E-state index contributed by atoms with van der Waals surface area (Å²) in [5, 5.41) is 23.7. The molecule has 2 saturated heterocycles. The fourth-order valence-electron chi connectivity index (χ4n) is 4.26. The van der Waals surface area contributed by atoms with Gasteiger partial charge in [-0.2, -0.15) is 0 Å². The van der Waals surface area contributed by atoms with Gasteiger partial charge >= 0.3 is 0 Å². The smallest absolute Gasteiger partial charge is 0.290 e. The van der Waals surface area contributed by atoms with Gasteiger partial charge in [-0.05, 0) is 12.0 Å². The molecule has 4 N–H and O–H groups in total. The number of amides is 1. The molecule has 0 spiro atoms. The molecule has 2 atom stereocenters. The number of carboxylic acid groups (broad SMARTS) is 1. The monoisotopic (exact) mass is 432 g/mol. The molecule has 0 saturated carbocycles. The van der Waals surface area contributed by atoms with Gasteiger partial charge in [0.05, 0.1) is 25.7 Å². The first-order chi connectivity index (χ1) is 15.0. The predicted octanol–water partition coefficient (Wildman–Crippen LogP) is -0.233. The van der Waals surface area contributed by atoms with E-state index in [1.807, 2.05) is 30.3 Å². The fourth-order valence-corrected chi connectivity index (χ4v) is 4.26. The zero-order chi connectivity index (χ0) is 22.3. The summed E-state index contributed by atoms with van der Waals surface area (Å²) < 4.78 is 5.48. The highest BCUT2D eigenvalue weighted by atomic mass is 16.5. The number of nitrogens with one attached hydrogen (secondary N) is 2. The number of hydrogen-bond acceptors (Lipinski definition) is 6. The van der Waals surface area contributed by atoms with Crippen LogP contribution in [-0.4, -0.2) is 88.0 Å². The van der Waals surface area contributed by atoms with Crippen molar-refractivity contribution in [3.8, 4) is 0 Å². The maximum Gasteiger partial charge on any atom is 0.290 e. The first-order valence-corrected chi connectivity index (χ1v) is 10.2. The predicted molar refractivity (Wildman–Crippen MR) is 112 cm³/mol. The van der Waals surface area contributed by atoms with Gasteiger partial charge < -0.3 is 24.9 Å². The van der Waals surface area contributed by atoms with Crippen LogP contribution in [0.3, 0.4) is 0 Å². The molecule has 168 valence electrons. The number of nitrogens with zero attached hydrogens (tertiary/aromatic N) is 2. The van der Waals surface area contributed by atoms with Crippen molar-refractivity contribution in [2.24, 2.45) is 0 Å². The maximum atomic E-state index is 12.8. The number of aliphatic hydroxyl groups is 1. The summed E-state index contributed by atoms with van der Waals surface area (Å²) in [6.45, 7) is 3.31. The van der Waals surface area contributed by atoms with Crippen LogP contribution < -0.4 is 5.56 Å². The molecule has 2 fully saturated rings. The number of carbonyl (C=O) groups excluding carboxylic acids is 1. The zero-order valence-corrected chi connectivity index (χ0v) is 17.2. The Morgan fingerprint density at radius 2 is 1.90 bits per heavy atom. The Hall–Kier alpha value is -2.95. The number of hydrogen-bond donors (Lipinski definition) is 4. The number of ether oxygens (including phenoxy) is 1. The second kappa shape index (κ2) is 10.4. The third-order valence-corrected chi connectivity index (χ3v) is 5.89. The number of aromatic amines is 2. The van der Waals surface area contributed by atoms with Crippen LogP contribution in [0.2, 0.25) is 0 Å². The lowest BCUT2D eigenvalue weighted by Crippen LogP contribution is -2.63. The number of rotatable bonds is 4. The number of likely N-dealkylation sites (tertiary alicyclic amines) is 1. The fraction of sp³-hybridized carbons (Fsp3) is 0.476. The van der Waals surface area contributed by atoms with Crippen molar-refractivity contribution in [1.82, 2.24) is 20.0 Å². The van der Waals surface area contributed by atoms with Gasteiger partial charge in [-0.3, -0.25) is 24.4 Å². The highest BCUT2D eigenvalue weighted by molar-refractivity contribution is 5.78. The zero-order valence-electron chi connectivity index (χ0n) is 17.2. The SMILES string of the molecule is O=C(Cc1c[nH][nH]c1=O)N1CC[C@](O)(c2ccccc2)[C@H](N2CCOCC2)C1.O=CO. The summed E-state index contributed by atoms with van der Waals surface area (Å²) in [6.07, 6.45) is 2.04. The largest absolute Gasteiger partial charge is 0.483 e. The molecule has 0 aliphatic carbocycles. The number of benzene rings is 1. The number of piperidine rings is 1. The van der Waals surface area contributed by atoms with Crippen LogP contribution >= 0.6 is 0 Å². The average molecular weight is 432 g/mol. The molecule has 1 aromatic carbocycles. The van der Waals surface area contributed by atoms with Gasteiger partial charge in [-0.1, -0.05) is 30.3 Å². The molecule has 4 rings (SSSR count). The molecule has 10 nitrogen and oxygen atoms in total. The molecule has 0 radical (unpaired) electrons. The van der Waals surface area contributed by atoms with E-state index in [0.717, 1.165) is 18.7 Å². The summed E-state index contributed by atoms with van der Waals surface area (Å²) >= 11 is 0. The van der Waals surface area contributed by atoms with Gasteiger partial charge in [0.15, 0.2) is 0 Å². The van der Waals surface area contributed by atoms with Crippen LogP contribution in [0.15, 0.2) is 41.3 Å². The number of carbonyl (C=O) groups is 2. The number of morpholine rings is 1. The van der Waals surface area contributed by atoms with Crippen molar-refractivity contribution in [3.05, 3.63) is 58.0 Å². The molecule has 0 bridgehead atoms. The van der Waals surface area contributed by atoms with E-state index >= 15 is 0 Å². The minimum atomic E-state index is -1.03. The molecular weight excluding hydrogens is 404 g/mol. The summed E-state index contributed by atoms with van der Waals surface area (Å²) in [5.74, 6) is -0.0986. The van der Waals surface area contributed by atoms with Crippen molar-refractivity contribution < 1.29 is 24.5 Å². The molecule has 2 aliphatic heterocycles. The van der Waals surface area contributed by atoms with Crippen LogP contribution in [0.4, 0.5) is 0 Å². The molecule has 31 heavy (non-hydrogen) atoms. The van der Waals surface area contributed by atoms with Crippen LogP contribution in [0.1, 0.15) is 17.5 Å². The minimum absolute atomic E-state index is 0.0540. The lowest BCUT2D eigenvalue weighted by Gasteiger charge is -2.50. The van der Waals surface area contributed by atoms with E-state index in [1.165, 1.54) is 6.20 Å². The van der Waals surface area contributed by atoms with E-state index in [0.29, 0.717) is 38.3 Å². The molecule has 2 aliphatic rings. The standard InChI is InChI=1S/C20H26N4O4.CH2O2/c25-18(12-15-13-21-22-19(15)26)24-7-6-20(27,16-4-2-1-3-5-16)17(14-24)23-8-10-28-11-9-23;2-1-3/h1-5,13,17,27H,6-12,14H2,(H2,21,22,26);1H,(H,2,3)/t17-,20+;/m1./s1. The van der Waals surface area contributed by atoms with Crippen LogP contribution in [0.5, 0.6) is 0 Å². The first kappa shape index (κ1) is 22.7. The van der Waals surface area contributed by atoms with Crippen LogP contribution in [0.25, 0.3) is 0 Å². The van der Waals surface area contributed by atoms with E-state index in [-0.39, 0.29) is 30.4 Å². The molecule has 10 heteroatoms. The molecule has 0 unspecified atom stereocenters. The van der Waals surface area contributed by atoms with E-state index in [4.69, 9.17) is 14.6 Å². The molecule has 1 amide bonds. The summed E-state index contributed by atoms with van der Waals surface area (Å²) in [6, 6.07) is 9.47. The van der Waals surface area contributed by atoms with E-state index in [1.54, 1.807) is 4.90 Å². The normalized spacial score (nSPS) is 24.2. The van der Waals surface area contributed by atoms with Crippen molar-refractivity contribution in [1.29, 1.82) is 0 Å². The second-order valence-corrected chi connectivity index (χ2v) is 7.59. The Labute approximate surface area is 179 Å². The minimum Gasteiger partial charge on any atom is -0.483 e. The van der Waals surface area contributed by atoms with Crippen LogP contribution in [-0.2, 0) is 26.3 Å². The molecule has 3 heterocycles. The van der Waals surface area contributed by atoms with Gasteiger partial charge in [-0.25, -0.2) is 0 Å². The van der Waals surface area contributed by atoms with Crippen molar-refractivity contribution >= 4 is 12.4 Å². The van der Waals surface area contributed by atoms with Gasteiger partial charge in [0.1, 0.15) is 5.60 Å². The molecule has 2 aromatic rings. The maximum absolute atomic E-state index is 12.8. The summed E-state index contributed by atoms with van der Waals surface area (Å²) in [4.78, 5) is 36.9. The quantitative estimate of drug-likeness (QED) is 0.489. The van der Waals surface area contributed by atoms with Gasteiger partial charge in [0.25, 0.3) is 12.0 Å². The van der Waals surface area contributed by atoms with Crippen molar-refractivity contribution in [2.45, 2.75) is 24.5 Å². The van der Waals surface area contributed by atoms with Crippen molar-refractivity contribution in [3.63, 3.8) is 0 Å². The van der Waals surface area contributed by atoms with Gasteiger partial charge in [0, 0.05) is 37.9 Å². The lowest BCUT2D eigenvalue weighted by molar-refractivity contribution is -0.147. The van der Waals surface area contributed by atoms with Gasteiger partial charge in [0.2, 0.25) is 5.91 Å². The topological polar surface area (TPSA) is 139 Å². The van der Waals surface area contributed by atoms with Crippen molar-refractivity contribution in [2.75, 3.05) is 39.4 Å². The average Bonchev–Trinajstić information content (AvgIpc) is 3.20. The highest BCUT2D eigenvalue weighted by Gasteiger charge is 2.46. The number of aromatic nitrogens is 2. The van der Waals surface area contributed by atoms with Gasteiger partial charge in [-0.15, -0.1) is 0 Å². The third-order valence-electron chi connectivity index (χ3n) is 5.89. The van der Waals surface area contributed by atoms with E-state index < -0.39 is 5.60 Å². The Bertz CT molecular complexity index is 908. The first-order valence-electron chi connectivity index (χ1n) is 10.2. The van der Waals surface area contributed by atoms with Crippen LogP contribution in [0, 0.1) is 0 Å². The molecular formula is C21H28N4O6. The Morgan fingerprint density at radius 1 is 1.23 bits per heavy atom. The lowest BCUT2D eigenvalue weighted by atomic mass is 9.79. The Balaban J connectivity index is 0.000000858. The summed E-state index contributed by atoms with van der Waals surface area (Å²) in [7, 11) is 0. The van der Waals surface area contributed by atoms with E-state index in [2.05, 4.69) is 15.1 Å². The number of H-pyrrole nitrogens is 2. The highest BCUT2D eigenvalue weighted by Crippen LogP contribution is 2.36. The Kier molecular flexibility index (Phi) is 7.61. The molecule has 1 aromatic heterocycles. The Morgan fingerprint density at radius 3 is 2.52 bits per heavy atom.